The molecule has 0 amide bonds. The van der Waals surface area contributed by atoms with Crippen LogP contribution < -0.4 is 4.74 Å². The highest BCUT2D eigenvalue weighted by molar-refractivity contribution is 5.46. The summed E-state index contributed by atoms with van der Waals surface area (Å²) in [7, 11) is 0. The Labute approximate surface area is 112 Å². The first-order valence-electron chi connectivity index (χ1n) is 6.54. The average Bonchev–Trinajstić information content (AvgIpc) is 3.08. The molecule has 2 atom stereocenters. The van der Waals surface area contributed by atoms with Crippen molar-refractivity contribution in [2.45, 2.75) is 18.8 Å². The van der Waals surface area contributed by atoms with E-state index in [4.69, 9.17) is 9.47 Å². The van der Waals surface area contributed by atoms with Gasteiger partial charge in [-0.1, -0.05) is 48.6 Å². The van der Waals surface area contributed by atoms with E-state index in [1.807, 2.05) is 24.3 Å². The Morgan fingerprint density at radius 2 is 1.68 bits per heavy atom. The predicted molar refractivity (Wildman–Crippen MR) is 72.9 cm³/mol. The Hall–Kier alpha value is -2.06. The van der Waals surface area contributed by atoms with E-state index in [9.17, 15) is 0 Å². The third-order valence-corrected chi connectivity index (χ3v) is 3.67. The summed E-state index contributed by atoms with van der Waals surface area (Å²) in [5, 5.41) is 0. The third-order valence-electron chi connectivity index (χ3n) is 3.67. The first-order chi connectivity index (χ1) is 9.40. The quantitative estimate of drug-likeness (QED) is 0.768. The van der Waals surface area contributed by atoms with Crippen LogP contribution in [0.1, 0.15) is 28.9 Å². The van der Waals surface area contributed by atoms with Crippen molar-refractivity contribution in [1.82, 2.24) is 0 Å². The minimum absolute atomic E-state index is 0.125. The molecule has 0 N–H and O–H groups in total. The minimum atomic E-state index is 0.125. The molecule has 0 spiro atoms. The molecular weight excluding hydrogens is 236 g/mol. The van der Waals surface area contributed by atoms with Crippen LogP contribution in [0.15, 0.2) is 60.7 Å². The van der Waals surface area contributed by atoms with Crippen LogP contribution in [0.2, 0.25) is 0 Å². The van der Waals surface area contributed by atoms with E-state index >= 15 is 0 Å². The highest BCUT2D eigenvalue weighted by Crippen LogP contribution is 2.46. The highest BCUT2D eigenvalue weighted by Gasteiger charge is 2.33. The van der Waals surface area contributed by atoms with Crippen LogP contribution in [0.5, 0.6) is 5.75 Å². The van der Waals surface area contributed by atoms with Crippen molar-refractivity contribution in [3.05, 3.63) is 77.4 Å². The van der Waals surface area contributed by atoms with Crippen molar-refractivity contribution in [2.24, 2.45) is 0 Å². The van der Waals surface area contributed by atoms with Crippen LogP contribution in [0.25, 0.3) is 0 Å². The van der Waals surface area contributed by atoms with E-state index in [1.165, 1.54) is 16.7 Å². The van der Waals surface area contributed by atoms with Gasteiger partial charge in [0.05, 0.1) is 0 Å². The Balaban J connectivity index is 1.53. The largest absolute Gasteiger partial charge is 0.489 e. The molecule has 0 fully saturated rings. The molecule has 2 aliphatic rings. The van der Waals surface area contributed by atoms with Gasteiger partial charge < -0.3 is 9.47 Å². The minimum Gasteiger partial charge on any atom is -0.489 e. The van der Waals surface area contributed by atoms with Gasteiger partial charge in [0.2, 0.25) is 0 Å². The van der Waals surface area contributed by atoms with Crippen LogP contribution in [-0.2, 0) is 11.3 Å². The van der Waals surface area contributed by atoms with E-state index < -0.39 is 0 Å². The molecule has 0 radical (unpaired) electrons. The standard InChI is InChI=1S/C17H14O2/c1-2-4-12(5-3-1)11-18-13-6-7-14-15(10-13)17-9-8-16(14)19-17/h1-10,16-17H,11H2. The number of hydrogen-bond donors (Lipinski definition) is 0. The van der Waals surface area contributed by atoms with E-state index in [0.29, 0.717) is 6.61 Å². The molecule has 94 valence electrons. The molecule has 0 saturated carbocycles. The molecule has 2 bridgehead atoms. The summed E-state index contributed by atoms with van der Waals surface area (Å²) in [4.78, 5) is 0. The summed E-state index contributed by atoms with van der Waals surface area (Å²) in [6, 6.07) is 16.5. The fourth-order valence-electron chi connectivity index (χ4n) is 2.69. The van der Waals surface area contributed by atoms with Crippen molar-refractivity contribution in [2.75, 3.05) is 0 Å². The van der Waals surface area contributed by atoms with E-state index in [0.717, 1.165) is 5.75 Å². The fraction of sp³-hybridized carbons (Fsp3) is 0.176. The molecule has 2 heterocycles. The second-order valence-corrected chi connectivity index (χ2v) is 4.93. The van der Waals surface area contributed by atoms with E-state index in [1.54, 1.807) is 0 Å². The van der Waals surface area contributed by atoms with Gasteiger partial charge in [-0.3, -0.25) is 0 Å². The van der Waals surface area contributed by atoms with Crippen molar-refractivity contribution >= 4 is 0 Å². The van der Waals surface area contributed by atoms with Gasteiger partial charge in [0.25, 0.3) is 0 Å². The molecular formula is C17H14O2. The van der Waals surface area contributed by atoms with Crippen molar-refractivity contribution in [3.8, 4) is 5.75 Å². The second-order valence-electron chi connectivity index (χ2n) is 4.93. The fourth-order valence-corrected chi connectivity index (χ4v) is 2.69. The number of hydrogen-bond acceptors (Lipinski definition) is 2. The van der Waals surface area contributed by atoms with Gasteiger partial charge in [0.15, 0.2) is 0 Å². The van der Waals surface area contributed by atoms with Gasteiger partial charge in [-0.2, -0.15) is 0 Å². The lowest BCUT2D eigenvalue weighted by molar-refractivity contribution is 0.0878. The maximum Gasteiger partial charge on any atom is 0.120 e. The SMILES string of the molecule is C1=CC2OC1c1ccc(OCc3ccccc3)cc12. The number of fused-ring (bicyclic) bond motifs is 5. The molecule has 4 rings (SSSR count). The van der Waals surface area contributed by atoms with E-state index in [2.05, 4.69) is 36.4 Å². The van der Waals surface area contributed by atoms with Crippen LogP contribution in [0, 0.1) is 0 Å². The van der Waals surface area contributed by atoms with Gasteiger partial charge >= 0.3 is 0 Å². The Morgan fingerprint density at radius 3 is 2.53 bits per heavy atom. The summed E-state index contributed by atoms with van der Waals surface area (Å²) in [5.74, 6) is 0.909. The lowest BCUT2D eigenvalue weighted by atomic mass is 9.97. The lowest BCUT2D eigenvalue weighted by Gasteiger charge is -2.11. The first-order valence-corrected chi connectivity index (χ1v) is 6.54. The Kier molecular flexibility index (Phi) is 2.42. The number of rotatable bonds is 3. The van der Waals surface area contributed by atoms with Gasteiger partial charge in [0.1, 0.15) is 24.6 Å². The average molecular weight is 250 g/mol. The first kappa shape index (κ1) is 10.8. The molecule has 0 saturated heterocycles. The van der Waals surface area contributed by atoms with Gasteiger partial charge in [-0.25, -0.2) is 0 Å². The summed E-state index contributed by atoms with van der Waals surface area (Å²) < 4.78 is 11.6. The topological polar surface area (TPSA) is 18.5 Å². The smallest absolute Gasteiger partial charge is 0.120 e. The Morgan fingerprint density at radius 1 is 0.895 bits per heavy atom. The monoisotopic (exact) mass is 250 g/mol. The highest BCUT2D eigenvalue weighted by atomic mass is 16.5. The maximum atomic E-state index is 5.85. The van der Waals surface area contributed by atoms with Gasteiger partial charge in [-0.05, 0) is 28.8 Å². The maximum absolute atomic E-state index is 5.85. The summed E-state index contributed by atoms with van der Waals surface area (Å²) in [5.41, 5.74) is 3.71. The van der Waals surface area contributed by atoms with Crippen LogP contribution in [0.4, 0.5) is 0 Å². The zero-order valence-electron chi connectivity index (χ0n) is 10.5. The number of ether oxygens (including phenoxy) is 2. The lowest BCUT2D eigenvalue weighted by Crippen LogP contribution is -1.98. The molecule has 0 aliphatic carbocycles. The van der Waals surface area contributed by atoms with Crippen LogP contribution in [-0.4, -0.2) is 0 Å². The van der Waals surface area contributed by atoms with Crippen molar-refractivity contribution in [3.63, 3.8) is 0 Å². The summed E-state index contributed by atoms with van der Waals surface area (Å²) in [6.07, 6.45) is 4.52. The normalized spacial score (nSPS) is 22.5. The molecule has 2 aliphatic heterocycles. The molecule has 2 unspecified atom stereocenters. The van der Waals surface area contributed by atoms with Crippen LogP contribution >= 0.6 is 0 Å². The van der Waals surface area contributed by atoms with Gasteiger partial charge in [-0.15, -0.1) is 0 Å². The Bertz CT molecular complexity index is 631. The molecule has 2 heteroatoms. The molecule has 0 aromatic heterocycles. The van der Waals surface area contributed by atoms with Crippen molar-refractivity contribution < 1.29 is 9.47 Å². The number of benzene rings is 2. The molecule has 19 heavy (non-hydrogen) atoms. The van der Waals surface area contributed by atoms with Crippen LogP contribution in [0.3, 0.4) is 0 Å². The van der Waals surface area contributed by atoms with Crippen molar-refractivity contribution in [1.29, 1.82) is 0 Å². The molecule has 2 aromatic carbocycles. The molecule has 2 aromatic rings. The second kappa shape index (κ2) is 4.25. The zero-order chi connectivity index (χ0) is 12.7. The van der Waals surface area contributed by atoms with E-state index in [-0.39, 0.29) is 12.2 Å². The predicted octanol–water partition coefficient (Wildman–Crippen LogP) is 3.95. The summed E-state index contributed by atoms with van der Waals surface area (Å²) in [6.45, 7) is 0.602. The molecule has 2 nitrogen and oxygen atoms in total. The van der Waals surface area contributed by atoms with Gasteiger partial charge in [0, 0.05) is 0 Å². The third kappa shape index (κ3) is 1.85. The summed E-state index contributed by atoms with van der Waals surface area (Å²) >= 11 is 0. The zero-order valence-corrected chi connectivity index (χ0v) is 10.5.